The summed E-state index contributed by atoms with van der Waals surface area (Å²) in [5.74, 6) is 0.856. The van der Waals surface area contributed by atoms with Gasteiger partial charge in [-0.15, -0.1) is 0 Å². The molecule has 66 valence electrons. The summed E-state index contributed by atoms with van der Waals surface area (Å²) in [5.41, 5.74) is 5.56. The maximum Gasteiger partial charge on any atom is 0.150 e. The number of nitrogens with zero attached hydrogens (tertiary/aromatic N) is 3. The molecule has 1 aromatic rings. The van der Waals surface area contributed by atoms with E-state index in [4.69, 9.17) is 5.73 Å². The zero-order chi connectivity index (χ0) is 8.97. The van der Waals surface area contributed by atoms with Gasteiger partial charge in [0.05, 0.1) is 0 Å². The standard InChI is InChI=1S/C8H14N4/c1-3-12-8(10-6-11-12)5-4-7(2)9/h4-7H,3,9H2,1-2H3/b5-4+. The van der Waals surface area contributed by atoms with E-state index < -0.39 is 0 Å². The highest BCUT2D eigenvalue weighted by molar-refractivity contribution is 5.40. The third kappa shape index (κ3) is 2.17. The smallest absolute Gasteiger partial charge is 0.150 e. The average Bonchev–Trinajstić information content (AvgIpc) is 2.47. The molecule has 1 unspecified atom stereocenters. The molecular weight excluding hydrogens is 152 g/mol. The van der Waals surface area contributed by atoms with E-state index >= 15 is 0 Å². The Hall–Kier alpha value is -1.16. The van der Waals surface area contributed by atoms with Crippen LogP contribution >= 0.6 is 0 Å². The Morgan fingerprint density at radius 2 is 2.50 bits per heavy atom. The Morgan fingerprint density at radius 1 is 1.75 bits per heavy atom. The predicted molar refractivity (Wildman–Crippen MR) is 48.4 cm³/mol. The van der Waals surface area contributed by atoms with Gasteiger partial charge < -0.3 is 5.73 Å². The van der Waals surface area contributed by atoms with Gasteiger partial charge in [0.15, 0.2) is 0 Å². The van der Waals surface area contributed by atoms with Crippen LogP contribution in [0, 0.1) is 0 Å². The Balaban J connectivity index is 2.74. The summed E-state index contributed by atoms with van der Waals surface area (Å²) in [6.07, 6.45) is 5.34. The summed E-state index contributed by atoms with van der Waals surface area (Å²) in [5, 5.41) is 4.03. The molecule has 0 saturated carbocycles. The largest absolute Gasteiger partial charge is 0.325 e. The molecule has 0 saturated heterocycles. The highest BCUT2D eigenvalue weighted by atomic mass is 15.3. The molecule has 1 rings (SSSR count). The lowest BCUT2D eigenvalue weighted by molar-refractivity contribution is 0.651. The van der Waals surface area contributed by atoms with E-state index in [9.17, 15) is 0 Å². The van der Waals surface area contributed by atoms with Gasteiger partial charge in [-0.3, -0.25) is 0 Å². The van der Waals surface area contributed by atoms with Gasteiger partial charge in [-0.1, -0.05) is 6.08 Å². The van der Waals surface area contributed by atoms with Gasteiger partial charge in [0.25, 0.3) is 0 Å². The van der Waals surface area contributed by atoms with Crippen molar-refractivity contribution in [2.75, 3.05) is 0 Å². The molecule has 0 aromatic carbocycles. The lowest BCUT2D eigenvalue weighted by atomic mass is 10.3. The van der Waals surface area contributed by atoms with E-state index in [1.165, 1.54) is 0 Å². The molecule has 0 amide bonds. The lowest BCUT2D eigenvalue weighted by Gasteiger charge is -1.97. The number of rotatable bonds is 3. The van der Waals surface area contributed by atoms with Crippen molar-refractivity contribution in [3.05, 3.63) is 18.2 Å². The second-order valence-corrected chi connectivity index (χ2v) is 2.65. The fourth-order valence-electron chi connectivity index (χ4n) is 0.884. The quantitative estimate of drug-likeness (QED) is 0.717. The van der Waals surface area contributed by atoms with Crippen molar-refractivity contribution in [3.8, 4) is 0 Å². The van der Waals surface area contributed by atoms with Crippen LogP contribution in [-0.4, -0.2) is 20.8 Å². The molecule has 0 bridgehead atoms. The van der Waals surface area contributed by atoms with E-state index in [1.807, 2.05) is 30.7 Å². The van der Waals surface area contributed by atoms with Crippen molar-refractivity contribution >= 4 is 6.08 Å². The van der Waals surface area contributed by atoms with E-state index in [0.717, 1.165) is 12.4 Å². The minimum absolute atomic E-state index is 0.0620. The van der Waals surface area contributed by atoms with Gasteiger partial charge in [0.2, 0.25) is 0 Å². The third-order valence-electron chi connectivity index (χ3n) is 1.49. The molecule has 0 spiro atoms. The topological polar surface area (TPSA) is 56.7 Å². The zero-order valence-corrected chi connectivity index (χ0v) is 7.44. The van der Waals surface area contributed by atoms with Crippen molar-refractivity contribution in [2.24, 2.45) is 5.73 Å². The summed E-state index contributed by atoms with van der Waals surface area (Å²) in [6, 6.07) is 0.0620. The highest BCUT2D eigenvalue weighted by Gasteiger charge is 1.96. The fourth-order valence-corrected chi connectivity index (χ4v) is 0.884. The van der Waals surface area contributed by atoms with Crippen molar-refractivity contribution in [1.82, 2.24) is 14.8 Å². The first kappa shape index (κ1) is 8.93. The summed E-state index contributed by atoms with van der Waals surface area (Å²) in [6.45, 7) is 4.78. The lowest BCUT2D eigenvalue weighted by Crippen LogP contribution is -2.10. The number of hydrogen-bond acceptors (Lipinski definition) is 3. The SMILES string of the molecule is CCn1ncnc1/C=C/C(C)N. The Bertz CT molecular complexity index is 262. The second kappa shape index (κ2) is 4.01. The van der Waals surface area contributed by atoms with Crippen LogP contribution in [0.5, 0.6) is 0 Å². The number of hydrogen-bond donors (Lipinski definition) is 1. The number of aromatic nitrogens is 3. The number of aryl methyl sites for hydroxylation is 1. The van der Waals surface area contributed by atoms with Crippen LogP contribution in [0.3, 0.4) is 0 Å². The molecule has 0 aliphatic heterocycles. The summed E-state index contributed by atoms with van der Waals surface area (Å²) < 4.78 is 1.82. The minimum Gasteiger partial charge on any atom is -0.325 e. The van der Waals surface area contributed by atoms with Crippen LogP contribution in [-0.2, 0) is 6.54 Å². The summed E-state index contributed by atoms with van der Waals surface area (Å²) in [7, 11) is 0. The second-order valence-electron chi connectivity index (χ2n) is 2.65. The molecule has 4 nitrogen and oxygen atoms in total. The molecule has 0 aliphatic carbocycles. The summed E-state index contributed by atoms with van der Waals surface area (Å²) in [4.78, 5) is 4.07. The van der Waals surface area contributed by atoms with Crippen molar-refractivity contribution in [1.29, 1.82) is 0 Å². The molecule has 12 heavy (non-hydrogen) atoms. The van der Waals surface area contributed by atoms with Gasteiger partial charge in [0, 0.05) is 12.6 Å². The first-order valence-corrected chi connectivity index (χ1v) is 4.05. The van der Waals surface area contributed by atoms with Gasteiger partial charge >= 0.3 is 0 Å². The predicted octanol–water partition coefficient (Wildman–Crippen LogP) is 0.658. The summed E-state index contributed by atoms with van der Waals surface area (Å²) >= 11 is 0. The Labute approximate surface area is 72.1 Å². The molecular formula is C8H14N4. The van der Waals surface area contributed by atoms with E-state index in [-0.39, 0.29) is 6.04 Å². The van der Waals surface area contributed by atoms with Crippen LogP contribution in [0.4, 0.5) is 0 Å². The normalized spacial score (nSPS) is 13.9. The van der Waals surface area contributed by atoms with E-state index in [2.05, 4.69) is 10.1 Å². The molecule has 2 N–H and O–H groups in total. The fraction of sp³-hybridized carbons (Fsp3) is 0.500. The van der Waals surface area contributed by atoms with E-state index in [1.54, 1.807) is 6.33 Å². The van der Waals surface area contributed by atoms with Gasteiger partial charge in [-0.2, -0.15) is 5.10 Å². The molecule has 1 aromatic heterocycles. The van der Waals surface area contributed by atoms with Gasteiger partial charge in [-0.25, -0.2) is 9.67 Å². The van der Waals surface area contributed by atoms with E-state index in [0.29, 0.717) is 0 Å². The molecule has 0 radical (unpaired) electrons. The van der Waals surface area contributed by atoms with Crippen LogP contribution in [0.1, 0.15) is 19.7 Å². The molecule has 4 heteroatoms. The molecule has 1 heterocycles. The van der Waals surface area contributed by atoms with Crippen LogP contribution in [0.2, 0.25) is 0 Å². The monoisotopic (exact) mass is 166 g/mol. The third-order valence-corrected chi connectivity index (χ3v) is 1.49. The minimum atomic E-state index is 0.0620. The maximum atomic E-state index is 5.56. The van der Waals surface area contributed by atoms with Crippen molar-refractivity contribution in [3.63, 3.8) is 0 Å². The van der Waals surface area contributed by atoms with Crippen LogP contribution < -0.4 is 5.73 Å². The maximum absolute atomic E-state index is 5.56. The van der Waals surface area contributed by atoms with Crippen LogP contribution in [0.25, 0.3) is 6.08 Å². The average molecular weight is 166 g/mol. The van der Waals surface area contributed by atoms with Crippen LogP contribution in [0.15, 0.2) is 12.4 Å². The molecule has 1 atom stereocenters. The first-order valence-electron chi connectivity index (χ1n) is 4.05. The zero-order valence-electron chi connectivity index (χ0n) is 7.44. The molecule has 0 aliphatic rings. The highest BCUT2D eigenvalue weighted by Crippen LogP contribution is 1.97. The first-order chi connectivity index (χ1) is 5.74. The Morgan fingerprint density at radius 3 is 3.08 bits per heavy atom. The van der Waals surface area contributed by atoms with Gasteiger partial charge in [0.1, 0.15) is 12.2 Å². The van der Waals surface area contributed by atoms with Crippen molar-refractivity contribution < 1.29 is 0 Å². The molecule has 0 fully saturated rings. The van der Waals surface area contributed by atoms with Crippen molar-refractivity contribution in [2.45, 2.75) is 26.4 Å². The Kier molecular flexibility index (Phi) is 2.99. The number of nitrogens with two attached hydrogens (primary N) is 1. The van der Waals surface area contributed by atoms with Gasteiger partial charge in [-0.05, 0) is 19.9 Å².